The van der Waals surface area contributed by atoms with Gasteiger partial charge >= 0.3 is 11.7 Å². The average Bonchev–Trinajstić information content (AvgIpc) is 2.94. The van der Waals surface area contributed by atoms with Crippen LogP contribution in [0.25, 0.3) is 11.0 Å². The summed E-state index contributed by atoms with van der Waals surface area (Å²) < 4.78 is 7.12. The maximum atomic E-state index is 12.1. The first kappa shape index (κ1) is 12.9. The molecule has 1 aliphatic rings. The molecule has 0 saturated carbocycles. The molecular formula is C14H16N2O4. The molecule has 2 aromatic rings. The highest BCUT2D eigenvalue weighted by atomic mass is 16.5. The minimum Gasteiger partial charge on any atom is -0.478 e. The summed E-state index contributed by atoms with van der Waals surface area (Å²) in [4.78, 5) is 25.9. The predicted molar refractivity (Wildman–Crippen MR) is 73.0 cm³/mol. The van der Waals surface area contributed by atoms with Gasteiger partial charge < -0.3 is 14.8 Å². The maximum absolute atomic E-state index is 12.1. The van der Waals surface area contributed by atoms with Gasteiger partial charge in [-0.3, -0.25) is 4.57 Å². The van der Waals surface area contributed by atoms with Crippen LogP contribution in [0.2, 0.25) is 0 Å². The zero-order valence-corrected chi connectivity index (χ0v) is 11.1. The van der Waals surface area contributed by atoms with E-state index in [-0.39, 0.29) is 23.3 Å². The molecule has 6 heteroatoms. The molecule has 1 saturated heterocycles. The number of nitrogens with one attached hydrogen (secondary N) is 1. The van der Waals surface area contributed by atoms with E-state index in [1.807, 2.05) is 6.92 Å². The number of nitrogens with zero attached hydrogens (tertiary/aromatic N) is 1. The summed E-state index contributed by atoms with van der Waals surface area (Å²) in [5.41, 5.74) is 0.868. The molecule has 1 aliphatic heterocycles. The molecule has 2 unspecified atom stereocenters. The number of imidazole rings is 1. The molecule has 0 spiro atoms. The van der Waals surface area contributed by atoms with E-state index in [0.717, 1.165) is 6.42 Å². The van der Waals surface area contributed by atoms with Crippen molar-refractivity contribution in [2.45, 2.75) is 26.0 Å². The quantitative estimate of drug-likeness (QED) is 0.888. The summed E-state index contributed by atoms with van der Waals surface area (Å²) in [5, 5.41) is 9.16. The second kappa shape index (κ2) is 4.79. The lowest BCUT2D eigenvalue weighted by molar-refractivity contribution is 0.0699. The number of aromatic carboxylic acids is 1. The van der Waals surface area contributed by atoms with Crippen molar-refractivity contribution >= 4 is 17.0 Å². The van der Waals surface area contributed by atoms with E-state index in [1.54, 1.807) is 16.7 Å². The Morgan fingerprint density at radius 3 is 3.00 bits per heavy atom. The smallest absolute Gasteiger partial charge is 0.337 e. The summed E-state index contributed by atoms with van der Waals surface area (Å²) >= 11 is 0. The topological polar surface area (TPSA) is 84.3 Å². The van der Waals surface area contributed by atoms with Crippen LogP contribution >= 0.6 is 0 Å². The van der Waals surface area contributed by atoms with E-state index in [4.69, 9.17) is 9.84 Å². The summed E-state index contributed by atoms with van der Waals surface area (Å²) in [5.74, 6) is -0.762. The summed E-state index contributed by atoms with van der Waals surface area (Å²) in [6.07, 6.45) is 1.04. The summed E-state index contributed by atoms with van der Waals surface area (Å²) in [6.45, 7) is 3.26. The van der Waals surface area contributed by atoms with Crippen LogP contribution in [0, 0.1) is 5.92 Å². The molecule has 106 valence electrons. The van der Waals surface area contributed by atoms with E-state index in [9.17, 15) is 9.59 Å². The highest BCUT2D eigenvalue weighted by Gasteiger charge is 2.26. The van der Waals surface area contributed by atoms with Crippen molar-refractivity contribution in [1.82, 2.24) is 9.55 Å². The monoisotopic (exact) mass is 276 g/mol. The molecule has 1 aromatic heterocycles. The van der Waals surface area contributed by atoms with Gasteiger partial charge in [-0.05, 0) is 25.5 Å². The third-order valence-electron chi connectivity index (χ3n) is 3.99. The van der Waals surface area contributed by atoms with Crippen molar-refractivity contribution in [3.05, 3.63) is 34.2 Å². The fourth-order valence-electron chi connectivity index (χ4n) is 2.79. The van der Waals surface area contributed by atoms with Gasteiger partial charge in [-0.1, -0.05) is 6.07 Å². The van der Waals surface area contributed by atoms with Crippen molar-refractivity contribution in [2.75, 3.05) is 6.61 Å². The molecule has 2 atom stereocenters. The number of benzene rings is 1. The number of aromatic amines is 1. The van der Waals surface area contributed by atoms with Crippen LogP contribution in [0.4, 0.5) is 0 Å². The number of rotatable bonds is 3. The van der Waals surface area contributed by atoms with Gasteiger partial charge in [0.05, 0.1) is 22.7 Å². The SMILES string of the molecule is CC1OCCC1Cn1c(=O)[nH]c2c(C(=O)O)cccc21. The number of carboxylic acid groups (broad SMARTS) is 1. The van der Waals surface area contributed by atoms with E-state index in [0.29, 0.717) is 24.2 Å². The van der Waals surface area contributed by atoms with Gasteiger partial charge in [0.25, 0.3) is 0 Å². The Hall–Kier alpha value is -2.08. The van der Waals surface area contributed by atoms with Crippen LogP contribution in [0.15, 0.2) is 23.0 Å². The van der Waals surface area contributed by atoms with Crippen LogP contribution in [-0.4, -0.2) is 33.3 Å². The number of fused-ring (bicyclic) bond motifs is 1. The number of hydrogen-bond acceptors (Lipinski definition) is 3. The van der Waals surface area contributed by atoms with Gasteiger partial charge in [-0.25, -0.2) is 9.59 Å². The van der Waals surface area contributed by atoms with E-state index >= 15 is 0 Å². The average molecular weight is 276 g/mol. The molecule has 1 aromatic carbocycles. The van der Waals surface area contributed by atoms with Gasteiger partial charge in [-0.2, -0.15) is 0 Å². The largest absolute Gasteiger partial charge is 0.478 e. The van der Waals surface area contributed by atoms with Gasteiger partial charge in [0, 0.05) is 19.1 Å². The first-order chi connectivity index (χ1) is 9.58. The van der Waals surface area contributed by atoms with Crippen LogP contribution in [0.3, 0.4) is 0 Å². The third kappa shape index (κ3) is 2.02. The van der Waals surface area contributed by atoms with Gasteiger partial charge in [0.2, 0.25) is 0 Å². The molecule has 2 heterocycles. The molecule has 2 N–H and O–H groups in total. The number of carboxylic acids is 1. The lowest BCUT2D eigenvalue weighted by atomic mass is 10.0. The predicted octanol–water partition coefficient (Wildman–Crippen LogP) is 1.45. The first-order valence-corrected chi connectivity index (χ1v) is 6.64. The van der Waals surface area contributed by atoms with Crippen molar-refractivity contribution in [2.24, 2.45) is 5.92 Å². The Morgan fingerprint density at radius 2 is 2.35 bits per heavy atom. The van der Waals surface area contributed by atoms with E-state index in [1.165, 1.54) is 6.07 Å². The van der Waals surface area contributed by atoms with Crippen molar-refractivity contribution in [1.29, 1.82) is 0 Å². The van der Waals surface area contributed by atoms with Crippen molar-refractivity contribution in [3.8, 4) is 0 Å². The summed E-state index contributed by atoms with van der Waals surface area (Å²) in [6, 6.07) is 4.91. The highest BCUT2D eigenvalue weighted by Crippen LogP contribution is 2.24. The number of ether oxygens (including phenoxy) is 1. The van der Waals surface area contributed by atoms with Crippen molar-refractivity contribution in [3.63, 3.8) is 0 Å². The number of para-hydroxylation sites is 1. The summed E-state index contributed by atoms with van der Waals surface area (Å²) in [7, 11) is 0. The molecular weight excluding hydrogens is 260 g/mol. The van der Waals surface area contributed by atoms with Gasteiger partial charge in [-0.15, -0.1) is 0 Å². The molecule has 0 amide bonds. The van der Waals surface area contributed by atoms with Crippen molar-refractivity contribution < 1.29 is 14.6 Å². The lowest BCUT2D eigenvalue weighted by Crippen LogP contribution is -2.25. The lowest BCUT2D eigenvalue weighted by Gasteiger charge is -2.14. The second-order valence-electron chi connectivity index (χ2n) is 5.17. The highest BCUT2D eigenvalue weighted by molar-refractivity contribution is 6.00. The zero-order chi connectivity index (χ0) is 14.3. The minimum atomic E-state index is -1.04. The Labute approximate surface area is 115 Å². The zero-order valence-electron chi connectivity index (χ0n) is 11.1. The van der Waals surface area contributed by atoms with E-state index < -0.39 is 5.97 Å². The number of hydrogen-bond donors (Lipinski definition) is 2. The van der Waals surface area contributed by atoms with Gasteiger partial charge in [0.1, 0.15) is 0 Å². The normalized spacial score (nSPS) is 22.4. The van der Waals surface area contributed by atoms with Crippen LogP contribution in [0.1, 0.15) is 23.7 Å². The Bertz CT molecular complexity index is 716. The fraction of sp³-hybridized carbons (Fsp3) is 0.429. The molecule has 0 aliphatic carbocycles. The van der Waals surface area contributed by atoms with E-state index in [2.05, 4.69) is 4.98 Å². The maximum Gasteiger partial charge on any atom is 0.337 e. The molecule has 3 rings (SSSR count). The Morgan fingerprint density at radius 1 is 1.55 bits per heavy atom. The Kier molecular flexibility index (Phi) is 3.10. The first-order valence-electron chi connectivity index (χ1n) is 6.64. The van der Waals surface area contributed by atoms with Crippen LogP contribution in [-0.2, 0) is 11.3 Å². The van der Waals surface area contributed by atoms with Crippen LogP contribution in [0.5, 0.6) is 0 Å². The second-order valence-corrected chi connectivity index (χ2v) is 5.17. The molecule has 0 radical (unpaired) electrons. The van der Waals surface area contributed by atoms with Crippen LogP contribution < -0.4 is 5.69 Å². The number of aromatic nitrogens is 2. The molecule has 6 nitrogen and oxygen atoms in total. The van der Waals surface area contributed by atoms with Gasteiger partial charge in [0.15, 0.2) is 0 Å². The fourth-order valence-corrected chi connectivity index (χ4v) is 2.79. The molecule has 1 fully saturated rings. The number of H-pyrrole nitrogens is 1. The number of carbonyl (C=O) groups is 1. The molecule has 20 heavy (non-hydrogen) atoms. The third-order valence-corrected chi connectivity index (χ3v) is 3.99. The minimum absolute atomic E-state index is 0.120. The Balaban J connectivity index is 2.07. The standard InChI is InChI=1S/C14H16N2O4/c1-8-9(5-6-20-8)7-16-11-4-2-3-10(13(17)18)12(11)15-14(16)19/h2-4,8-9H,5-7H2,1H3,(H,15,19)(H,17,18). The molecule has 0 bridgehead atoms.